The van der Waals surface area contributed by atoms with Crippen molar-refractivity contribution >= 4 is 10.8 Å². The lowest BCUT2D eigenvalue weighted by molar-refractivity contribution is -0.0394. The Balaban J connectivity index is 1.48. The number of hydrogen-bond acceptors (Lipinski definition) is 5. The van der Waals surface area contributed by atoms with Crippen LogP contribution in [0.15, 0.2) is 59.8 Å². The Labute approximate surface area is 195 Å². The van der Waals surface area contributed by atoms with Crippen LogP contribution in [0.3, 0.4) is 0 Å². The molecule has 7 nitrogen and oxygen atoms in total. The summed E-state index contributed by atoms with van der Waals surface area (Å²) in [5, 5.41) is 9.04. The van der Waals surface area contributed by atoms with Gasteiger partial charge in [-0.05, 0) is 37.0 Å². The van der Waals surface area contributed by atoms with Crippen molar-refractivity contribution in [2.24, 2.45) is 0 Å². The van der Waals surface area contributed by atoms with Gasteiger partial charge in [-0.3, -0.25) is 4.79 Å². The number of fused-ring (bicyclic) bond motifs is 1. The van der Waals surface area contributed by atoms with Crippen molar-refractivity contribution in [1.29, 1.82) is 0 Å². The minimum Gasteiger partial charge on any atom is -0.481 e. The number of halogens is 1. The summed E-state index contributed by atoms with van der Waals surface area (Å²) < 4.78 is 29.8. The lowest BCUT2D eigenvalue weighted by Crippen LogP contribution is -2.24. The van der Waals surface area contributed by atoms with Crippen LogP contribution in [-0.2, 0) is 11.3 Å². The summed E-state index contributed by atoms with van der Waals surface area (Å²) in [6, 6.07) is 10.6. The number of rotatable bonds is 6. The van der Waals surface area contributed by atoms with E-state index >= 15 is 4.39 Å². The van der Waals surface area contributed by atoms with Crippen LogP contribution in [0.1, 0.15) is 31.1 Å². The smallest absolute Gasteiger partial charge is 0.277 e. The molecule has 2 aromatic carbocycles. The maximum atomic E-state index is 15.6. The molecule has 1 atom stereocenters. The van der Waals surface area contributed by atoms with Gasteiger partial charge < -0.3 is 9.47 Å². The van der Waals surface area contributed by atoms with Gasteiger partial charge in [0, 0.05) is 29.3 Å². The molecule has 8 heteroatoms. The summed E-state index contributed by atoms with van der Waals surface area (Å²) in [6.45, 7) is 1.01. The Morgan fingerprint density at radius 1 is 1.21 bits per heavy atom. The van der Waals surface area contributed by atoms with Gasteiger partial charge in [0.1, 0.15) is 24.4 Å². The zero-order valence-electron chi connectivity index (χ0n) is 18.5. The van der Waals surface area contributed by atoms with E-state index in [0.717, 1.165) is 24.8 Å². The highest BCUT2D eigenvalue weighted by atomic mass is 19.1. The van der Waals surface area contributed by atoms with Gasteiger partial charge in [-0.1, -0.05) is 30.2 Å². The van der Waals surface area contributed by atoms with E-state index in [1.165, 1.54) is 10.9 Å². The third kappa shape index (κ3) is 4.30. The SMILES string of the molecule is C#CCOc1cccc(Cn2ncc3ccc(-c4cnn(C5CCCCO5)c4)c(F)c3c2=O)c1. The summed E-state index contributed by atoms with van der Waals surface area (Å²) in [5.74, 6) is 2.42. The second-order valence-corrected chi connectivity index (χ2v) is 8.17. The third-order valence-electron chi connectivity index (χ3n) is 5.87. The zero-order chi connectivity index (χ0) is 23.5. The lowest BCUT2D eigenvalue weighted by Gasteiger charge is -2.22. The van der Waals surface area contributed by atoms with E-state index in [0.29, 0.717) is 28.9 Å². The van der Waals surface area contributed by atoms with Crippen LogP contribution in [-0.4, -0.2) is 32.8 Å². The summed E-state index contributed by atoms with van der Waals surface area (Å²) in [6.07, 6.45) is 12.9. The highest BCUT2D eigenvalue weighted by molar-refractivity contribution is 5.86. The molecule has 0 aliphatic carbocycles. The first-order chi connectivity index (χ1) is 16.6. The average molecular weight is 458 g/mol. The normalized spacial score (nSPS) is 15.8. The van der Waals surface area contributed by atoms with E-state index in [1.54, 1.807) is 47.4 Å². The van der Waals surface area contributed by atoms with Crippen LogP contribution >= 0.6 is 0 Å². The fourth-order valence-corrected chi connectivity index (χ4v) is 4.16. The lowest BCUT2D eigenvalue weighted by atomic mass is 10.0. The molecule has 0 saturated carbocycles. The van der Waals surface area contributed by atoms with Gasteiger partial charge in [-0.15, -0.1) is 6.42 Å². The highest BCUT2D eigenvalue weighted by Crippen LogP contribution is 2.29. The van der Waals surface area contributed by atoms with Crippen LogP contribution in [0.4, 0.5) is 4.39 Å². The second kappa shape index (κ2) is 9.49. The first kappa shape index (κ1) is 21.9. The minimum atomic E-state index is -0.589. The van der Waals surface area contributed by atoms with E-state index in [4.69, 9.17) is 15.9 Å². The molecule has 34 heavy (non-hydrogen) atoms. The van der Waals surface area contributed by atoms with Crippen molar-refractivity contribution in [3.05, 3.63) is 76.7 Å². The van der Waals surface area contributed by atoms with E-state index in [1.807, 2.05) is 6.07 Å². The summed E-state index contributed by atoms with van der Waals surface area (Å²) >= 11 is 0. The molecule has 0 N–H and O–H groups in total. The molecule has 4 aromatic rings. The Morgan fingerprint density at radius 2 is 2.12 bits per heavy atom. The van der Waals surface area contributed by atoms with E-state index in [9.17, 15) is 4.79 Å². The Morgan fingerprint density at radius 3 is 2.94 bits per heavy atom. The molecule has 172 valence electrons. The van der Waals surface area contributed by atoms with Crippen LogP contribution in [0.5, 0.6) is 5.75 Å². The number of benzene rings is 2. The molecule has 1 fully saturated rings. The highest BCUT2D eigenvalue weighted by Gasteiger charge is 2.19. The zero-order valence-corrected chi connectivity index (χ0v) is 18.5. The number of hydrogen-bond donors (Lipinski definition) is 0. The summed E-state index contributed by atoms with van der Waals surface area (Å²) in [5.41, 5.74) is 1.19. The molecule has 2 aromatic heterocycles. The van der Waals surface area contributed by atoms with Crippen molar-refractivity contribution < 1.29 is 13.9 Å². The molecule has 0 radical (unpaired) electrons. The molecule has 0 spiro atoms. The van der Waals surface area contributed by atoms with E-state index in [2.05, 4.69) is 16.1 Å². The molecule has 1 aliphatic rings. The van der Waals surface area contributed by atoms with Crippen molar-refractivity contribution in [3.63, 3.8) is 0 Å². The number of aromatic nitrogens is 4. The average Bonchev–Trinajstić information content (AvgIpc) is 3.35. The molecule has 1 unspecified atom stereocenters. The molecule has 1 saturated heterocycles. The topological polar surface area (TPSA) is 71.2 Å². The predicted octanol–water partition coefficient (Wildman–Crippen LogP) is 4.16. The summed E-state index contributed by atoms with van der Waals surface area (Å²) in [7, 11) is 0. The molecular formula is C26H23FN4O3. The quantitative estimate of drug-likeness (QED) is 0.406. The van der Waals surface area contributed by atoms with Gasteiger partial charge in [0.25, 0.3) is 5.56 Å². The fraction of sp³-hybridized carbons (Fsp3) is 0.269. The Bertz CT molecular complexity index is 1430. The standard InChI is InChI=1S/C26H23FN4O3/c1-2-11-33-21-7-5-6-18(13-21)16-31-26(32)24-19(14-29-31)9-10-22(25(24)27)20-15-28-30(17-20)23-8-3-4-12-34-23/h1,5-7,9-10,13-15,17,23H,3-4,8,11-12,16H2. The Kier molecular flexibility index (Phi) is 6.11. The number of ether oxygens (including phenoxy) is 2. The van der Waals surface area contributed by atoms with Gasteiger partial charge in [-0.25, -0.2) is 13.8 Å². The molecule has 0 amide bonds. The van der Waals surface area contributed by atoms with Gasteiger partial charge in [-0.2, -0.15) is 10.2 Å². The molecule has 1 aliphatic heterocycles. The van der Waals surface area contributed by atoms with Crippen molar-refractivity contribution in [3.8, 4) is 29.2 Å². The van der Waals surface area contributed by atoms with Crippen LogP contribution in [0, 0.1) is 18.2 Å². The second-order valence-electron chi connectivity index (χ2n) is 8.17. The Hall–Kier alpha value is -3.96. The van der Waals surface area contributed by atoms with Crippen molar-refractivity contribution in [2.45, 2.75) is 32.0 Å². The molecule has 5 rings (SSSR count). The van der Waals surface area contributed by atoms with Crippen LogP contribution in [0.25, 0.3) is 21.9 Å². The first-order valence-electron chi connectivity index (χ1n) is 11.1. The number of terminal acetylenes is 1. The third-order valence-corrected chi connectivity index (χ3v) is 5.87. The monoisotopic (exact) mass is 458 g/mol. The van der Waals surface area contributed by atoms with Gasteiger partial charge in [0.05, 0.1) is 24.3 Å². The number of nitrogens with zero attached hydrogens (tertiary/aromatic N) is 4. The molecule has 0 bridgehead atoms. The minimum absolute atomic E-state index is 0.00565. The predicted molar refractivity (Wildman–Crippen MR) is 126 cm³/mol. The molecule has 3 heterocycles. The van der Waals surface area contributed by atoms with E-state index in [-0.39, 0.29) is 24.8 Å². The van der Waals surface area contributed by atoms with Gasteiger partial charge in [0.15, 0.2) is 0 Å². The van der Waals surface area contributed by atoms with Crippen LogP contribution < -0.4 is 10.3 Å². The molecular weight excluding hydrogens is 435 g/mol. The van der Waals surface area contributed by atoms with E-state index < -0.39 is 11.4 Å². The van der Waals surface area contributed by atoms with Crippen LogP contribution in [0.2, 0.25) is 0 Å². The van der Waals surface area contributed by atoms with Crippen molar-refractivity contribution in [2.75, 3.05) is 13.2 Å². The van der Waals surface area contributed by atoms with Crippen molar-refractivity contribution in [1.82, 2.24) is 19.6 Å². The largest absolute Gasteiger partial charge is 0.481 e. The van der Waals surface area contributed by atoms with Gasteiger partial charge >= 0.3 is 0 Å². The van der Waals surface area contributed by atoms with Gasteiger partial charge in [0.2, 0.25) is 0 Å². The maximum absolute atomic E-state index is 15.6. The summed E-state index contributed by atoms with van der Waals surface area (Å²) in [4.78, 5) is 13.2. The maximum Gasteiger partial charge on any atom is 0.277 e. The first-order valence-corrected chi connectivity index (χ1v) is 11.1. The fourth-order valence-electron chi connectivity index (χ4n) is 4.16.